The van der Waals surface area contributed by atoms with Crippen LogP contribution in [0.15, 0.2) is 33.6 Å². The second-order valence-electron chi connectivity index (χ2n) is 6.45. The number of nitrogens with zero attached hydrogens (tertiary/aromatic N) is 2. The summed E-state index contributed by atoms with van der Waals surface area (Å²) < 4.78 is 18.0. The van der Waals surface area contributed by atoms with Crippen molar-refractivity contribution in [2.45, 2.75) is 25.2 Å². The summed E-state index contributed by atoms with van der Waals surface area (Å²) in [4.78, 5) is 27.5. The van der Waals surface area contributed by atoms with Crippen LogP contribution in [-0.4, -0.2) is 34.0 Å². The fourth-order valence-corrected chi connectivity index (χ4v) is 3.92. The summed E-state index contributed by atoms with van der Waals surface area (Å²) in [6.45, 7) is 1.10. The number of carbonyl (C=O) groups is 1. The molecule has 23 heavy (non-hydrogen) atoms. The van der Waals surface area contributed by atoms with E-state index in [0.29, 0.717) is 13.1 Å². The van der Waals surface area contributed by atoms with Gasteiger partial charge in [0.05, 0.1) is 0 Å². The van der Waals surface area contributed by atoms with E-state index in [1.54, 1.807) is 17.0 Å². The number of benzene rings is 1. The summed E-state index contributed by atoms with van der Waals surface area (Å²) in [7, 11) is 0. The lowest BCUT2D eigenvalue weighted by Crippen LogP contribution is -2.38. The van der Waals surface area contributed by atoms with Crippen LogP contribution in [0.3, 0.4) is 0 Å². The molecule has 1 saturated carbocycles. The molecule has 2 fully saturated rings. The molecule has 1 aromatic carbocycles. The van der Waals surface area contributed by atoms with Gasteiger partial charge in [-0.05, 0) is 41.1 Å². The first-order valence-corrected chi connectivity index (χ1v) is 7.68. The van der Waals surface area contributed by atoms with Crippen LogP contribution < -0.4 is 5.76 Å². The molecule has 1 spiro atoms. The third kappa shape index (κ3) is 2.27. The van der Waals surface area contributed by atoms with Gasteiger partial charge in [-0.1, -0.05) is 18.6 Å². The maximum absolute atomic E-state index is 13.6. The highest BCUT2D eigenvalue weighted by Gasteiger charge is 2.52. The number of aromatic amines is 1. The van der Waals surface area contributed by atoms with E-state index in [1.165, 1.54) is 6.07 Å². The van der Waals surface area contributed by atoms with Gasteiger partial charge in [-0.15, -0.1) is 0 Å². The molecule has 2 heterocycles. The predicted molar refractivity (Wildman–Crippen MR) is 78.5 cm³/mol. The number of nitrogens with one attached hydrogen (secondary N) is 1. The summed E-state index contributed by atoms with van der Waals surface area (Å²) in [6.07, 6.45) is 3.16. The number of amides is 1. The van der Waals surface area contributed by atoms with E-state index < -0.39 is 5.76 Å². The standard InChI is InChI=1S/C16H16FN3O3/c17-11-4-1-3-10(7-11)12-8-20(9-16(12)5-2-6-16)14(21)13-18-15(22)23-19-13/h1,3-4,7,12H,2,5-6,8-9H2,(H,18,19,22)/t12-/m1/s1. The quantitative estimate of drug-likeness (QED) is 0.917. The molecule has 4 rings (SSSR count). The smallest absolute Gasteiger partial charge is 0.335 e. The van der Waals surface area contributed by atoms with E-state index in [-0.39, 0.29) is 28.9 Å². The van der Waals surface area contributed by atoms with Crippen molar-refractivity contribution in [3.8, 4) is 0 Å². The Labute approximate surface area is 131 Å². The number of halogens is 1. The average molecular weight is 317 g/mol. The second-order valence-corrected chi connectivity index (χ2v) is 6.45. The zero-order valence-corrected chi connectivity index (χ0v) is 12.4. The Kier molecular flexibility index (Phi) is 3.11. The highest BCUT2D eigenvalue weighted by atomic mass is 19.1. The van der Waals surface area contributed by atoms with Crippen LogP contribution in [0.2, 0.25) is 0 Å². The lowest BCUT2D eigenvalue weighted by atomic mass is 9.61. The molecule has 2 aliphatic rings. The van der Waals surface area contributed by atoms with Crippen molar-refractivity contribution in [1.82, 2.24) is 15.0 Å². The van der Waals surface area contributed by atoms with Crippen molar-refractivity contribution in [3.05, 3.63) is 52.0 Å². The fraction of sp³-hybridized carbons (Fsp3) is 0.438. The summed E-state index contributed by atoms with van der Waals surface area (Å²) in [5.41, 5.74) is 0.932. The fourth-order valence-electron chi connectivity index (χ4n) is 3.92. The number of H-pyrrole nitrogens is 1. The third-order valence-electron chi connectivity index (χ3n) is 5.18. The van der Waals surface area contributed by atoms with Crippen LogP contribution in [0.5, 0.6) is 0 Å². The van der Waals surface area contributed by atoms with Crippen molar-refractivity contribution in [1.29, 1.82) is 0 Å². The van der Waals surface area contributed by atoms with Crippen molar-refractivity contribution in [3.63, 3.8) is 0 Å². The number of rotatable bonds is 2. The minimum absolute atomic E-state index is 0.00742. The Morgan fingerprint density at radius 1 is 1.43 bits per heavy atom. The Balaban J connectivity index is 1.63. The molecule has 7 heteroatoms. The molecule has 0 radical (unpaired) electrons. The molecule has 0 unspecified atom stereocenters. The summed E-state index contributed by atoms with van der Waals surface area (Å²) in [5.74, 6) is -1.32. The van der Waals surface area contributed by atoms with Gasteiger partial charge in [-0.25, -0.2) is 9.18 Å². The predicted octanol–water partition coefficient (Wildman–Crippen LogP) is 1.91. The first-order chi connectivity index (χ1) is 11.1. The van der Waals surface area contributed by atoms with Crippen LogP contribution in [0.4, 0.5) is 4.39 Å². The van der Waals surface area contributed by atoms with Gasteiger partial charge in [-0.2, -0.15) is 0 Å². The first kappa shape index (κ1) is 14.2. The van der Waals surface area contributed by atoms with E-state index in [4.69, 9.17) is 0 Å². The van der Waals surface area contributed by atoms with E-state index >= 15 is 0 Å². The maximum atomic E-state index is 13.6. The molecule has 1 aliphatic carbocycles. The van der Waals surface area contributed by atoms with Gasteiger partial charge in [0, 0.05) is 19.0 Å². The van der Waals surface area contributed by atoms with E-state index in [0.717, 1.165) is 24.8 Å². The highest BCUT2D eigenvalue weighted by Crippen LogP contribution is 2.55. The van der Waals surface area contributed by atoms with Crippen molar-refractivity contribution >= 4 is 5.91 Å². The third-order valence-corrected chi connectivity index (χ3v) is 5.18. The lowest BCUT2D eigenvalue weighted by Gasteiger charge is -2.42. The molecular formula is C16H16FN3O3. The molecule has 1 N–H and O–H groups in total. The summed E-state index contributed by atoms with van der Waals surface area (Å²) in [5, 5.41) is 3.47. The minimum Gasteiger partial charge on any atom is -0.335 e. The number of hydrogen-bond acceptors (Lipinski definition) is 4. The largest absolute Gasteiger partial charge is 0.439 e. The Morgan fingerprint density at radius 3 is 2.87 bits per heavy atom. The van der Waals surface area contributed by atoms with E-state index in [2.05, 4.69) is 14.7 Å². The molecule has 1 saturated heterocycles. The Hall–Kier alpha value is -2.44. The zero-order valence-electron chi connectivity index (χ0n) is 12.4. The van der Waals surface area contributed by atoms with Gasteiger partial charge in [0.15, 0.2) is 0 Å². The average Bonchev–Trinajstić information content (AvgIpc) is 3.10. The molecule has 1 aliphatic heterocycles. The van der Waals surface area contributed by atoms with Crippen molar-refractivity contribution in [2.24, 2.45) is 5.41 Å². The molecular weight excluding hydrogens is 301 g/mol. The Bertz CT molecular complexity index is 809. The lowest BCUT2D eigenvalue weighted by molar-refractivity contribution is 0.0711. The SMILES string of the molecule is O=C(c1noc(=O)[nH]1)N1C[C@H](c2cccc(F)c2)C2(CCC2)C1. The Morgan fingerprint density at radius 2 is 2.26 bits per heavy atom. The van der Waals surface area contributed by atoms with Crippen molar-refractivity contribution < 1.29 is 13.7 Å². The van der Waals surface area contributed by atoms with Crippen LogP contribution in [-0.2, 0) is 0 Å². The van der Waals surface area contributed by atoms with Gasteiger partial charge in [-0.3, -0.25) is 14.3 Å². The highest BCUT2D eigenvalue weighted by molar-refractivity contribution is 5.90. The van der Waals surface area contributed by atoms with Gasteiger partial charge < -0.3 is 4.90 Å². The van der Waals surface area contributed by atoms with E-state index in [9.17, 15) is 14.0 Å². The van der Waals surface area contributed by atoms with Gasteiger partial charge in [0.1, 0.15) is 5.82 Å². The maximum Gasteiger partial charge on any atom is 0.439 e. The van der Waals surface area contributed by atoms with Crippen molar-refractivity contribution in [2.75, 3.05) is 13.1 Å². The minimum atomic E-state index is -0.743. The molecule has 1 atom stereocenters. The van der Waals surface area contributed by atoms with Crippen LogP contribution in [0.1, 0.15) is 41.4 Å². The second kappa shape index (κ2) is 5.04. The molecule has 1 aromatic heterocycles. The monoisotopic (exact) mass is 317 g/mol. The van der Waals surface area contributed by atoms with Crippen LogP contribution in [0.25, 0.3) is 0 Å². The van der Waals surface area contributed by atoms with Gasteiger partial charge in [0.25, 0.3) is 5.91 Å². The summed E-state index contributed by atoms with van der Waals surface area (Å²) >= 11 is 0. The summed E-state index contributed by atoms with van der Waals surface area (Å²) in [6, 6.07) is 6.60. The number of carbonyl (C=O) groups excluding carboxylic acids is 1. The molecule has 120 valence electrons. The number of aromatic nitrogens is 2. The van der Waals surface area contributed by atoms with E-state index in [1.807, 2.05) is 6.07 Å². The van der Waals surface area contributed by atoms with Crippen LogP contribution >= 0.6 is 0 Å². The number of hydrogen-bond donors (Lipinski definition) is 1. The molecule has 2 aromatic rings. The topological polar surface area (TPSA) is 79.2 Å². The normalized spacial score (nSPS) is 22.3. The zero-order chi connectivity index (χ0) is 16.0. The molecule has 0 bridgehead atoms. The number of likely N-dealkylation sites (tertiary alicyclic amines) is 1. The molecule has 6 nitrogen and oxygen atoms in total. The van der Waals surface area contributed by atoms with Crippen LogP contribution in [0, 0.1) is 11.2 Å². The molecule has 1 amide bonds. The van der Waals surface area contributed by atoms with Gasteiger partial charge in [0.2, 0.25) is 5.82 Å². The van der Waals surface area contributed by atoms with Gasteiger partial charge >= 0.3 is 5.76 Å². The first-order valence-electron chi connectivity index (χ1n) is 7.68.